The molecular weight excluding hydrogens is 326 g/mol. The summed E-state index contributed by atoms with van der Waals surface area (Å²) >= 11 is 0. The van der Waals surface area contributed by atoms with Crippen molar-refractivity contribution in [3.05, 3.63) is 65.5 Å². The molecule has 4 rings (SSSR count). The predicted octanol–water partition coefficient (Wildman–Crippen LogP) is 3.03. The summed E-state index contributed by atoms with van der Waals surface area (Å²) in [5, 5.41) is 12.6. The average Bonchev–Trinajstić information content (AvgIpc) is 3.12. The van der Waals surface area contributed by atoms with Gasteiger partial charge < -0.3 is 4.74 Å². The minimum Gasteiger partial charge on any atom is -0.497 e. The van der Waals surface area contributed by atoms with E-state index in [0.717, 1.165) is 23.7 Å². The number of methoxy groups -OCH3 is 1. The highest BCUT2D eigenvalue weighted by Gasteiger charge is 2.40. The van der Waals surface area contributed by atoms with Crippen molar-refractivity contribution in [2.24, 2.45) is 0 Å². The number of hydrogen-bond donors (Lipinski definition) is 0. The van der Waals surface area contributed by atoms with E-state index < -0.39 is 0 Å². The fourth-order valence-electron chi connectivity index (χ4n) is 3.69. The molecular formula is C20H23N5O. The molecule has 0 radical (unpaired) electrons. The molecule has 2 heterocycles. The lowest BCUT2D eigenvalue weighted by molar-refractivity contribution is 0.0993. The van der Waals surface area contributed by atoms with E-state index in [2.05, 4.69) is 65.6 Å². The zero-order valence-electron chi connectivity index (χ0n) is 15.5. The van der Waals surface area contributed by atoms with Gasteiger partial charge in [0, 0.05) is 5.54 Å². The van der Waals surface area contributed by atoms with Crippen LogP contribution in [0.2, 0.25) is 0 Å². The number of hydrogen-bond acceptors (Lipinski definition) is 5. The summed E-state index contributed by atoms with van der Waals surface area (Å²) in [4.78, 5) is 2.36. The quantitative estimate of drug-likeness (QED) is 0.727. The number of aromatic nitrogens is 4. The Labute approximate surface area is 153 Å². The summed E-state index contributed by atoms with van der Waals surface area (Å²) in [6.45, 7) is 4.52. The first kappa shape index (κ1) is 16.7. The Morgan fingerprint density at radius 2 is 1.81 bits per heavy atom. The highest BCUT2D eigenvalue weighted by Crippen LogP contribution is 2.40. The smallest absolute Gasteiger partial charge is 0.178 e. The predicted molar refractivity (Wildman–Crippen MR) is 99.5 cm³/mol. The van der Waals surface area contributed by atoms with Crippen molar-refractivity contribution >= 4 is 0 Å². The third-order valence-electron chi connectivity index (χ3n) is 5.37. The van der Waals surface area contributed by atoms with E-state index in [1.807, 2.05) is 28.9 Å². The van der Waals surface area contributed by atoms with Crippen LogP contribution in [0.25, 0.3) is 5.69 Å². The first-order valence-electron chi connectivity index (χ1n) is 8.75. The molecule has 1 atom stereocenters. The van der Waals surface area contributed by atoms with Gasteiger partial charge in [-0.15, -0.1) is 5.10 Å². The molecule has 26 heavy (non-hydrogen) atoms. The number of ether oxygens (including phenoxy) is 1. The Hall–Kier alpha value is -2.73. The van der Waals surface area contributed by atoms with Crippen LogP contribution in [0, 0.1) is 0 Å². The Morgan fingerprint density at radius 3 is 2.54 bits per heavy atom. The van der Waals surface area contributed by atoms with Crippen molar-refractivity contribution in [2.45, 2.75) is 31.8 Å². The van der Waals surface area contributed by atoms with Gasteiger partial charge >= 0.3 is 0 Å². The summed E-state index contributed by atoms with van der Waals surface area (Å²) in [6.07, 6.45) is 1.00. The summed E-state index contributed by atoms with van der Waals surface area (Å²) in [7, 11) is 3.81. The first-order chi connectivity index (χ1) is 12.5. The monoisotopic (exact) mass is 349 g/mol. The summed E-state index contributed by atoms with van der Waals surface area (Å²) in [5.74, 6) is 1.63. The van der Waals surface area contributed by atoms with E-state index in [0.29, 0.717) is 0 Å². The van der Waals surface area contributed by atoms with Crippen molar-refractivity contribution in [1.82, 2.24) is 25.1 Å². The first-order valence-corrected chi connectivity index (χ1v) is 8.75. The van der Waals surface area contributed by atoms with Crippen molar-refractivity contribution in [3.8, 4) is 11.4 Å². The van der Waals surface area contributed by atoms with E-state index in [1.165, 1.54) is 11.1 Å². The molecule has 1 aliphatic rings. The van der Waals surface area contributed by atoms with Gasteiger partial charge in [0.25, 0.3) is 0 Å². The molecule has 0 amide bonds. The van der Waals surface area contributed by atoms with Gasteiger partial charge in [-0.2, -0.15) is 4.68 Å². The van der Waals surface area contributed by atoms with E-state index >= 15 is 0 Å². The third-order valence-corrected chi connectivity index (χ3v) is 5.37. The number of tetrazole rings is 1. The molecule has 0 fully saturated rings. The molecule has 2 aromatic carbocycles. The standard InChI is InChI=1S/C20H23N5O/c1-20(2)13-14-7-5-6-8-17(14)18(24(20)3)19-21-22-23-25(19)15-9-11-16(26-4)12-10-15/h5-12,18H,13H2,1-4H3/t18-/m1/s1. The molecule has 6 nitrogen and oxygen atoms in total. The largest absolute Gasteiger partial charge is 0.497 e. The van der Waals surface area contributed by atoms with Crippen LogP contribution in [0.5, 0.6) is 5.75 Å². The Balaban J connectivity index is 1.84. The van der Waals surface area contributed by atoms with Gasteiger partial charge in [0.05, 0.1) is 18.8 Å². The number of fused-ring (bicyclic) bond motifs is 1. The van der Waals surface area contributed by atoms with Crippen LogP contribution < -0.4 is 4.74 Å². The van der Waals surface area contributed by atoms with Crippen LogP contribution in [0.1, 0.15) is 36.8 Å². The maximum Gasteiger partial charge on any atom is 0.178 e. The highest BCUT2D eigenvalue weighted by atomic mass is 16.5. The zero-order chi connectivity index (χ0) is 18.3. The van der Waals surface area contributed by atoms with E-state index in [9.17, 15) is 0 Å². The van der Waals surface area contributed by atoms with Crippen LogP contribution in [-0.2, 0) is 6.42 Å². The summed E-state index contributed by atoms with van der Waals surface area (Å²) < 4.78 is 7.07. The highest BCUT2D eigenvalue weighted by molar-refractivity contribution is 5.41. The Morgan fingerprint density at radius 1 is 1.08 bits per heavy atom. The van der Waals surface area contributed by atoms with Crippen LogP contribution in [0.15, 0.2) is 48.5 Å². The van der Waals surface area contributed by atoms with Crippen molar-refractivity contribution in [1.29, 1.82) is 0 Å². The molecule has 0 saturated carbocycles. The number of nitrogens with zero attached hydrogens (tertiary/aromatic N) is 5. The lowest BCUT2D eigenvalue weighted by Gasteiger charge is -2.45. The van der Waals surface area contributed by atoms with Gasteiger partial charge in [-0.05, 0) is 73.1 Å². The molecule has 134 valence electrons. The van der Waals surface area contributed by atoms with Crippen LogP contribution in [0.3, 0.4) is 0 Å². The van der Waals surface area contributed by atoms with Gasteiger partial charge in [0.15, 0.2) is 5.82 Å². The van der Waals surface area contributed by atoms with Crippen molar-refractivity contribution in [3.63, 3.8) is 0 Å². The zero-order valence-corrected chi connectivity index (χ0v) is 15.5. The Kier molecular flexibility index (Phi) is 4.00. The number of rotatable bonds is 3. The van der Waals surface area contributed by atoms with Gasteiger partial charge in [0.2, 0.25) is 0 Å². The normalized spacial score (nSPS) is 19.2. The SMILES string of the molecule is COc1ccc(-n2nnnc2[C@H]2c3ccccc3CC(C)(C)N2C)cc1. The van der Waals surface area contributed by atoms with Crippen molar-refractivity contribution in [2.75, 3.05) is 14.2 Å². The van der Waals surface area contributed by atoms with Gasteiger partial charge in [0.1, 0.15) is 5.75 Å². The maximum atomic E-state index is 5.25. The second kappa shape index (κ2) is 6.21. The lowest BCUT2D eigenvalue weighted by Crippen LogP contribution is -2.49. The maximum absolute atomic E-state index is 5.25. The van der Waals surface area contributed by atoms with Crippen LogP contribution in [0.4, 0.5) is 0 Å². The second-order valence-corrected chi connectivity index (χ2v) is 7.35. The lowest BCUT2D eigenvalue weighted by atomic mass is 9.81. The minimum absolute atomic E-state index is 0.00736. The van der Waals surface area contributed by atoms with E-state index in [4.69, 9.17) is 4.74 Å². The molecule has 0 spiro atoms. The summed E-state index contributed by atoms with van der Waals surface area (Å²) in [5.41, 5.74) is 3.54. The fourth-order valence-corrected chi connectivity index (χ4v) is 3.69. The minimum atomic E-state index is -0.00736. The molecule has 6 heteroatoms. The molecule has 0 unspecified atom stereocenters. The number of benzene rings is 2. The topological polar surface area (TPSA) is 56.1 Å². The Bertz CT molecular complexity index is 916. The molecule has 0 aliphatic carbocycles. The molecule has 1 aliphatic heterocycles. The van der Waals surface area contributed by atoms with Gasteiger partial charge in [-0.25, -0.2) is 0 Å². The third kappa shape index (κ3) is 2.66. The van der Waals surface area contributed by atoms with Crippen LogP contribution in [-0.4, -0.2) is 44.8 Å². The van der Waals surface area contributed by atoms with Crippen LogP contribution >= 0.6 is 0 Å². The van der Waals surface area contributed by atoms with Gasteiger partial charge in [-0.3, -0.25) is 4.90 Å². The summed E-state index contributed by atoms with van der Waals surface area (Å²) in [6, 6.07) is 16.3. The molecule has 0 saturated heterocycles. The fraction of sp³-hybridized carbons (Fsp3) is 0.350. The molecule has 1 aromatic heterocycles. The van der Waals surface area contributed by atoms with E-state index in [-0.39, 0.29) is 11.6 Å². The molecule has 0 N–H and O–H groups in total. The molecule has 0 bridgehead atoms. The van der Waals surface area contributed by atoms with Crippen molar-refractivity contribution < 1.29 is 4.74 Å². The number of likely N-dealkylation sites (N-methyl/N-ethyl adjacent to an activating group) is 1. The second-order valence-electron chi connectivity index (χ2n) is 7.35. The average molecular weight is 349 g/mol. The molecule has 3 aromatic rings. The van der Waals surface area contributed by atoms with E-state index in [1.54, 1.807) is 7.11 Å². The van der Waals surface area contributed by atoms with Gasteiger partial charge in [-0.1, -0.05) is 24.3 Å².